The van der Waals surface area contributed by atoms with Crippen molar-refractivity contribution < 1.29 is 0 Å². The highest BCUT2D eigenvalue weighted by Crippen LogP contribution is 2.28. The molecule has 3 rings (SSSR count). The number of aromatic nitrogens is 3. The maximum Gasteiger partial charge on any atom is 0.183 e. The third-order valence-corrected chi connectivity index (χ3v) is 3.77. The van der Waals surface area contributed by atoms with Crippen LogP contribution in [0.3, 0.4) is 0 Å². The minimum atomic E-state index is 0.584. The number of hydrogen-bond donors (Lipinski definition) is 0. The van der Waals surface area contributed by atoms with E-state index in [9.17, 15) is 0 Å². The largest absolute Gasteiger partial charge is 0.361 e. The Bertz CT molecular complexity index is 811. The van der Waals surface area contributed by atoms with Crippen molar-refractivity contribution in [2.24, 2.45) is 0 Å². The van der Waals surface area contributed by atoms with Gasteiger partial charge in [-0.1, -0.05) is 41.4 Å². The van der Waals surface area contributed by atoms with Crippen molar-refractivity contribution >= 4 is 17.4 Å². The number of aryl methyl sites for hydroxylation is 1. The Morgan fingerprint density at radius 2 is 1.43 bits per heavy atom. The third-order valence-electron chi connectivity index (χ3n) is 3.52. The first kappa shape index (κ1) is 15.4. The molecule has 4 nitrogen and oxygen atoms in total. The lowest BCUT2D eigenvalue weighted by atomic mass is 10.1. The predicted molar refractivity (Wildman–Crippen MR) is 94.8 cm³/mol. The number of hydrogen-bond acceptors (Lipinski definition) is 4. The second kappa shape index (κ2) is 6.34. The van der Waals surface area contributed by atoms with Gasteiger partial charge in [0.05, 0.1) is 0 Å². The van der Waals surface area contributed by atoms with Crippen LogP contribution in [0.25, 0.3) is 22.6 Å². The van der Waals surface area contributed by atoms with Crippen LogP contribution in [0.4, 0.5) is 5.82 Å². The van der Waals surface area contributed by atoms with E-state index in [2.05, 4.69) is 34.2 Å². The van der Waals surface area contributed by atoms with E-state index in [-0.39, 0.29) is 0 Å². The van der Waals surface area contributed by atoms with Crippen LogP contribution in [0.15, 0.2) is 48.5 Å². The van der Waals surface area contributed by atoms with Crippen LogP contribution in [0.1, 0.15) is 5.56 Å². The first-order valence-electron chi connectivity index (χ1n) is 7.29. The second-order valence-corrected chi connectivity index (χ2v) is 6.01. The van der Waals surface area contributed by atoms with Gasteiger partial charge >= 0.3 is 0 Å². The van der Waals surface area contributed by atoms with Crippen molar-refractivity contribution in [1.29, 1.82) is 0 Å². The summed E-state index contributed by atoms with van der Waals surface area (Å²) in [5, 5.41) is 9.39. The van der Waals surface area contributed by atoms with Crippen molar-refractivity contribution in [3.8, 4) is 22.6 Å². The first-order chi connectivity index (χ1) is 11.0. The summed E-state index contributed by atoms with van der Waals surface area (Å²) in [6.45, 7) is 2.06. The zero-order chi connectivity index (χ0) is 16.4. The molecule has 116 valence electrons. The number of benzene rings is 2. The van der Waals surface area contributed by atoms with Gasteiger partial charge in [-0.3, -0.25) is 0 Å². The van der Waals surface area contributed by atoms with Gasteiger partial charge < -0.3 is 4.90 Å². The molecule has 0 aliphatic rings. The summed E-state index contributed by atoms with van der Waals surface area (Å²) in [4.78, 5) is 6.63. The minimum Gasteiger partial charge on any atom is -0.361 e. The average Bonchev–Trinajstić information content (AvgIpc) is 2.56. The zero-order valence-electron chi connectivity index (χ0n) is 13.3. The highest BCUT2D eigenvalue weighted by Gasteiger charge is 2.14. The van der Waals surface area contributed by atoms with Gasteiger partial charge in [0, 0.05) is 30.2 Å². The van der Waals surface area contributed by atoms with Crippen LogP contribution in [0, 0.1) is 6.92 Å². The fourth-order valence-electron chi connectivity index (χ4n) is 2.25. The summed E-state index contributed by atoms with van der Waals surface area (Å²) in [6.07, 6.45) is 0. The summed E-state index contributed by atoms with van der Waals surface area (Å²) >= 11 is 5.93. The lowest BCUT2D eigenvalue weighted by Gasteiger charge is -2.16. The molecule has 0 radical (unpaired) electrons. The van der Waals surface area contributed by atoms with Gasteiger partial charge in [-0.05, 0) is 31.2 Å². The Labute approximate surface area is 140 Å². The van der Waals surface area contributed by atoms with E-state index in [1.807, 2.05) is 55.4 Å². The summed E-state index contributed by atoms with van der Waals surface area (Å²) in [6, 6.07) is 15.6. The van der Waals surface area contributed by atoms with E-state index >= 15 is 0 Å². The van der Waals surface area contributed by atoms with Gasteiger partial charge in [-0.15, -0.1) is 10.2 Å². The highest BCUT2D eigenvalue weighted by molar-refractivity contribution is 6.30. The summed E-state index contributed by atoms with van der Waals surface area (Å²) < 4.78 is 0. The molecular formula is C18H17ClN4. The van der Waals surface area contributed by atoms with Crippen LogP contribution >= 0.6 is 11.6 Å². The quantitative estimate of drug-likeness (QED) is 0.723. The standard InChI is InChI=1S/C18H17ClN4/c1-12-4-6-13(7-5-12)16-18(23(2)3)20-17(22-21-16)14-8-10-15(19)11-9-14/h4-11H,1-3H3. The van der Waals surface area contributed by atoms with E-state index in [4.69, 9.17) is 11.6 Å². The predicted octanol–water partition coefficient (Wildman–Crippen LogP) is 4.23. The molecule has 5 heteroatoms. The molecule has 0 saturated heterocycles. The summed E-state index contributed by atoms with van der Waals surface area (Å²) in [7, 11) is 3.90. The van der Waals surface area contributed by atoms with E-state index in [1.165, 1.54) is 5.56 Å². The topological polar surface area (TPSA) is 41.9 Å². The summed E-state index contributed by atoms with van der Waals surface area (Å²) in [5.41, 5.74) is 3.87. The van der Waals surface area contributed by atoms with Crippen LogP contribution in [-0.4, -0.2) is 29.3 Å². The Balaban J connectivity index is 2.08. The van der Waals surface area contributed by atoms with Gasteiger partial charge in [0.2, 0.25) is 0 Å². The Kier molecular flexibility index (Phi) is 4.26. The molecule has 23 heavy (non-hydrogen) atoms. The highest BCUT2D eigenvalue weighted by atomic mass is 35.5. The molecule has 0 atom stereocenters. The zero-order valence-corrected chi connectivity index (χ0v) is 14.0. The molecule has 0 bridgehead atoms. The molecule has 0 N–H and O–H groups in total. The molecule has 0 aliphatic carbocycles. The first-order valence-corrected chi connectivity index (χ1v) is 7.67. The molecule has 0 amide bonds. The molecule has 1 aromatic heterocycles. The molecule has 1 heterocycles. The molecule has 3 aromatic rings. The molecule has 0 saturated carbocycles. The van der Waals surface area contributed by atoms with Crippen LogP contribution in [0.2, 0.25) is 5.02 Å². The average molecular weight is 325 g/mol. The maximum absolute atomic E-state index is 5.93. The molecule has 0 aliphatic heterocycles. The van der Waals surface area contributed by atoms with E-state index in [0.717, 1.165) is 22.6 Å². The van der Waals surface area contributed by atoms with E-state index in [0.29, 0.717) is 10.8 Å². The van der Waals surface area contributed by atoms with E-state index < -0.39 is 0 Å². The monoisotopic (exact) mass is 324 g/mol. The minimum absolute atomic E-state index is 0.584. The lowest BCUT2D eigenvalue weighted by molar-refractivity contribution is 0.951. The van der Waals surface area contributed by atoms with Crippen molar-refractivity contribution in [3.63, 3.8) is 0 Å². The van der Waals surface area contributed by atoms with Crippen LogP contribution in [0.5, 0.6) is 0 Å². The molecule has 0 spiro atoms. The van der Waals surface area contributed by atoms with Gasteiger partial charge in [0.25, 0.3) is 0 Å². The SMILES string of the molecule is Cc1ccc(-c2nnc(-c3ccc(Cl)cc3)nc2N(C)C)cc1. The molecular weight excluding hydrogens is 308 g/mol. The van der Waals surface area contributed by atoms with Gasteiger partial charge in [-0.2, -0.15) is 0 Å². The number of halogens is 1. The Morgan fingerprint density at radius 3 is 2.04 bits per heavy atom. The normalized spacial score (nSPS) is 10.6. The van der Waals surface area contributed by atoms with Crippen molar-refractivity contribution in [3.05, 3.63) is 59.1 Å². The molecule has 0 fully saturated rings. The molecule has 2 aromatic carbocycles. The second-order valence-electron chi connectivity index (χ2n) is 5.57. The van der Waals surface area contributed by atoms with Crippen molar-refractivity contribution in [2.45, 2.75) is 6.92 Å². The van der Waals surface area contributed by atoms with Crippen molar-refractivity contribution in [2.75, 3.05) is 19.0 Å². The number of nitrogens with zero attached hydrogens (tertiary/aromatic N) is 4. The van der Waals surface area contributed by atoms with Gasteiger partial charge in [-0.25, -0.2) is 4.98 Å². The van der Waals surface area contributed by atoms with E-state index in [1.54, 1.807) is 0 Å². The lowest BCUT2D eigenvalue weighted by Crippen LogP contribution is -2.14. The van der Waals surface area contributed by atoms with Gasteiger partial charge in [0.15, 0.2) is 11.6 Å². The maximum atomic E-state index is 5.93. The number of rotatable bonds is 3. The van der Waals surface area contributed by atoms with Crippen LogP contribution < -0.4 is 4.90 Å². The van der Waals surface area contributed by atoms with Crippen molar-refractivity contribution in [1.82, 2.24) is 15.2 Å². The fourth-order valence-corrected chi connectivity index (χ4v) is 2.38. The molecule has 0 unspecified atom stereocenters. The fraction of sp³-hybridized carbons (Fsp3) is 0.167. The summed E-state index contributed by atoms with van der Waals surface area (Å²) in [5.74, 6) is 1.37. The Hall–Kier alpha value is -2.46. The Morgan fingerprint density at radius 1 is 0.826 bits per heavy atom. The van der Waals surface area contributed by atoms with Crippen LogP contribution in [-0.2, 0) is 0 Å². The van der Waals surface area contributed by atoms with Gasteiger partial charge in [0.1, 0.15) is 5.69 Å². The third kappa shape index (κ3) is 3.32. The smallest absolute Gasteiger partial charge is 0.183 e. The number of anilines is 1.